The predicted octanol–water partition coefficient (Wildman–Crippen LogP) is 4.10. The third-order valence-corrected chi connectivity index (χ3v) is 5.33. The largest absolute Gasteiger partial charge is 0.299 e. The number of hydrogen-bond acceptors (Lipinski definition) is 3. The molecule has 0 aliphatic rings. The fourth-order valence-corrected chi connectivity index (χ4v) is 3.51. The van der Waals surface area contributed by atoms with Crippen molar-refractivity contribution in [2.75, 3.05) is 6.26 Å². The second-order valence-corrected chi connectivity index (χ2v) is 7.97. The van der Waals surface area contributed by atoms with Crippen molar-refractivity contribution >= 4 is 20.9 Å². The van der Waals surface area contributed by atoms with Gasteiger partial charge in [0.25, 0.3) is 0 Å². The molecule has 3 aromatic carbocycles. The minimum Gasteiger partial charge on any atom is -0.299 e. The summed E-state index contributed by atoms with van der Waals surface area (Å²) < 4.78 is 25.2. The summed E-state index contributed by atoms with van der Waals surface area (Å²) in [5.74, 6) is 0. The number of imidazole rings is 1. The summed E-state index contributed by atoms with van der Waals surface area (Å²) in [6.07, 6.45) is 3.03. The first-order valence-electron chi connectivity index (χ1n) is 7.85. The monoisotopic (exact) mass is 348 g/mol. The second kappa shape index (κ2) is 5.86. The molecule has 4 aromatic rings. The first-order valence-corrected chi connectivity index (χ1v) is 9.74. The number of sulfone groups is 1. The Labute approximate surface area is 146 Å². The molecule has 124 valence electrons. The third kappa shape index (κ3) is 2.94. The first kappa shape index (κ1) is 15.6. The van der Waals surface area contributed by atoms with E-state index in [4.69, 9.17) is 0 Å². The topological polar surface area (TPSA) is 52.0 Å². The lowest BCUT2D eigenvalue weighted by molar-refractivity contribution is 0.602. The van der Waals surface area contributed by atoms with Gasteiger partial charge in [-0.3, -0.25) is 4.57 Å². The highest BCUT2D eigenvalue weighted by Crippen LogP contribution is 2.26. The molecule has 25 heavy (non-hydrogen) atoms. The summed E-state index contributed by atoms with van der Waals surface area (Å²) >= 11 is 0. The minimum absolute atomic E-state index is 0.325. The smallest absolute Gasteiger partial charge is 0.175 e. The molecule has 1 heterocycles. The van der Waals surface area contributed by atoms with Crippen molar-refractivity contribution in [3.05, 3.63) is 79.1 Å². The maximum atomic E-state index is 11.6. The summed E-state index contributed by atoms with van der Waals surface area (Å²) in [6.45, 7) is 0. The van der Waals surface area contributed by atoms with E-state index in [1.807, 2.05) is 71.6 Å². The molecule has 0 atom stereocenters. The van der Waals surface area contributed by atoms with Crippen LogP contribution in [-0.4, -0.2) is 24.2 Å². The van der Waals surface area contributed by atoms with Gasteiger partial charge >= 0.3 is 0 Å². The van der Waals surface area contributed by atoms with E-state index in [0.717, 1.165) is 27.8 Å². The van der Waals surface area contributed by atoms with Gasteiger partial charge in [-0.2, -0.15) is 0 Å². The number of hydrogen-bond donors (Lipinski definition) is 0. The molecule has 0 N–H and O–H groups in total. The van der Waals surface area contributed by atoms with E-state index in [1.165, 1.54) is 6.26 Å². The van der Waals surface area contributed by atoms with Crippen LogP contribution in [0.3, 0.4) is 0 Å². The molecular formula is C20H16N2O2S. The third-order valence-electron chi connectivity index (χ3n) is 4.20. The SMILES string of the molecule is CS(=O)(=O)c1ccc(-c2ccc3c(c2)ncn3-c2ccccc2)cc1. The van der Waals surface area contributed by atoms with Gasteiger partial charge in [-0.25, -0.2) is 13.4 Å². The molecule has 0 amide bonds. The van der Waals surface area contributed by atoms with E-state index in [9.17, 15) is 8.42 Å². The Bertz CT molecular complexity index is 1150. The molecule has 0 unspecified atom stereocenters. The van der Waals surface area contributed by atoms with Crippen LogP contribution in [0.25, 0.3) is 27.8 Å². The fraction of sp³-hybridized carbons (Fsp3) is 0.0500. The van der Waals surface area contributed by atoms with Crippen LogP contribution in [0.5, 0.6) is 0 Å². The zero-order valence-corrected chi connectivity index (χ0v) is 14.4. The average Bonchev–Trinajstić information content (AvgIpc) is 3.05. The maximum Gasteiger partial charge on any atom is 0.175 e. The molecule has 0 fully saturated rings. The molecule has 0 aliphatic carbocycles. The number of aromatic nitrogens is 2. The lowest BCUT2D eigenvalue weighted by Gasteiger charge is -2.06. The predicted molar refractivity (Wildman–Crippen MR) is 99.6 cm³/mol. The van der Waals surface area contributed by atoms with E-state index in [1.54, 1.807) is 12.1 Å². The highest BCUT2D eigenvalue weighted by molar-refractivity contribution is 7.90. The van der Waals surface area contributed by atoms with E-state index in [-0.39, 0.29) is 0 Å². The summed E-state index contributed by atoms with van der Waals surface area (Å²) in [6, 6.07) is 23.1. The van der Waals surface area contributed by atoms with Gasteiger partial charge < -0.3 is 0 Å². The van der Waals surface area contributed by atoms with Crippen molar-refractivity contribution < 1.29 is 8.42 Å². The van der Waals surface area contributed by atoms with Gasteiger partial charge in [-0.1, -0.05) is 36.4 Å². The maximum absolute atomic E-state index is 11.6. The first-order chi connectivity index (χ1) is 12.0. The molecule has 0 spiro atoms. The fourth-order valence-electron chi connectivity index (χ4n) is 2.88. The van der Waals surface area contributed by atoms with Gasteiger partial charge in [0, 0.05) is 11.9 Å². The Morgan fingerprint density at radius 3 is 2.20 bits per heavy atom. The zero-order valence-electron chi connectivity index (χ0n) is 13.6. The van der Waals surface area contributed by atoms with Crippen LogP contribution in [0.2, 0.25) is 0 Å². The van der Waals surface area contributed by atoms with Crippen molar-refractivity contribution in [2.24, 2.45) is 0 Å². The Kier molecular flexibility index (Phi) is 3.66. The number of benzene rings is 3. The Morgan fingerprint density at radius 1 is 0.840 bits per heavy atom. The highest BCUT2D eigenvalue weighted by atomic mass is 32.2. The number of nitrogens with zero attached hydrogens (tertiary/aromatic N) is 2. The average molecular weight is 348 g/mol. The summed E-state index contributed by atoms with van der Waals surface area (Å²) in [5.41, 5.74) is 4.96. The van der Waals surface area contributed by atoms with Crippen LogP contribution in [-0.2, 0) is 9.84 Å². The molecule has 1 aromatic heterocycles. The number of rotatable bonds is 3. The summed E-state index contributed by atoms with van der Waals surface area (Å²) in [5, 5.41) is 0. The van der Waals surface area contributed by atoms with Gasteiger partial charge in [-0.05, 0) is 47.5 Å². The van der Waals surface area contributed by atoms with Crippen molar-refractivity contribution in [1.29, 1.82) is 0 Å². The molecule has 0 aliphatic heterocycles. The van der Waals surface area contributed by atoms with E-state index in [0.29, 0.717) is 4.90 Å². The quantitative estimate of drug-likeness (QED) is 0.560. The standard InChI is InChI=1S/C20H16N2O2S/c1-25(23,24)18-10-7-15(8-11-18)16-9-12-20-19(13-16)21-14-22(20)17-5-3-2-4-6-17/h2-14H,1H3. The lowest BCUT2D eigenvalue weighted by Crippen LogP contribution is -1.96. The van der Waals surface area contributed by atoms with Crippen LogP contribution in [0.1, 0.15) is 0 Å². The van der Waals surface area contributed by atoms with Gasteiger partial charge in [0.05, 0.1) is 15.9 Å². The van der Waals surface area contributed by atoms with Crippen LogP contribution < -0.4 is 0 Å². The summed E-state index contributed by atoms with van der Waals surface area (Å²) in [7, 11) is -3.18. The van der Waals surface area contributed by atoms with Gasteiger partial charge in [0.2, 0.25) is 0 Å². The Morgan fingerprint density at radius 2 is 1.52 bits per heavy atom. The van der Waals surface area contributed by atoms with Gasteiger partial charge in [0.1, 0.15) is 6.33 Å². The normalized spacial score (nSPS) is 11.7. The molecular weight excluding hydrogens is 332 g/mol. The molecule has 4 nitrogen and oxygen atoms in total. The zero-order chi connectivity index (χ0) is 17.4. The summed E-state index contributed by atoms with van der Waals surface area (Å²) in [4.78, 5) is 4.83. The minimum atomic E-state index is -3.18. The number of fused-ring (bicyclic) bond motifs is 1. The van der Waals surface area contributed by atoms with Crippen molar-refractivity contribution in [3.63, 3.8) is 0 Å². The Hall–Kier alpha value is -2.92. The van der Waals surface area contributed by atoms with E-state index in [2.05, 4.69) is 4.98 Å². The molecule has 0 bridgehead atoms. The molecule has 4 rings (SSSR count). The van der Waals surface area contributed by atoms with Crippen molar-refractivity contribution in [2.45, 2.75) is 4.90 Å². The molecule has 0 saturated carbocycles. The van der Waals surface area contributed by atoms with Gasteiger partial charge in [-0.15, -0.1) is 0 Å². The Balaban J connectivity index is 1.75. The van der Waals surface area contributed by atoms with Crippen molar-refractivity contribution in [3.8, 4) is 16.8 Å². The molecule has 5 heteroatoms. The van der Waals surface area contributed by atoms with Crippen LogP contribution in [0.4, 0.5) is 0 Å². The van der Waals surface area contributed by atoms with E-state index >= 15 is 0 Å². The molecule has 0 saturated heterocycles. The van der Waals surface area contributed by atoms with Crippen LogP contribution in [0.15, 0.2) is 84.0 Å². The van der Waals surface area contributed by atoms with Crippen molar-refractivity contribution in [1.82, 2.24) is 9.55 Å². The second-order valence-electron chi connectivity index (χ2n) is 5.95. The number of para-hydroxylation sites is 1. The lowest BCUT2D eigenvalue weighted by atomic mass is 10.1. The van der Waals surface area contributed by atoms with Crippen LogP contribution in [0, 0.1) is 0 Å². The molecule has 0 radical (unpaired) electrons. The van der Waals surface area contributed by atoms with E-state index < -0.39 is 9.84 Å². The van der Waals surface area contributed by atoms with Gasteiger partial charge in [0.15, 0.2) is 9.84 Å². The van der Waals surface area contributed by atoms with Crippen LogP contribution >= 0.6 is 0 Å². The highest BCUT2D eigenvalue weighted by Gasteiger charge is 2.09.